The minimum atomic E-state index is -0.400. The monoisotopic (exact) mass is 275 g/mol. The summed E-state index contributed by atoms with van der Waals surface area (Å²) < 4.78 is 0. The molecule has 0 aromatic heterocycles. The van der Waals surface area contributed by atoms with Gasteiger partial charge in [-0.25, -0.2) is 0 Å². The van der Waals surface area contributed by atoms with Gasteiger partial charge in [0.2, 0.25) is 5.91 Å². The molecule has 0 radical (unpaired) electrons. The zero-order valence-electron chi connectivity index (χ0n) is 12.6. The molecule has 1 aliphatic heterocycles. The Morgan fingerprint density at radius 1 is 1.25 bits per heavy atom. The highest BCUT2D eigenvalue weighted by molar-refractivity contribution is 6.00. The number of fused-ring (bicyclic) bond motifs is 1. The average Bonchev–Trinajstić information content (AvgIpc) is 2.73. The van der Waals surface area contributed by atoms with Crippen molar-refractivity contribution in [2.45, 2.75) is 58.0 Å². The summed E-state index contributed by atoms with van der Waals surface area (Å²) in [5.74, 6) is 0.131. The molecule has 1 unspecified atom stereocenters. The Morgan fingerprint density at radius 2 is 2.00 bits per heavy atom. The van der Waals surface area contributed by atoms with Gasteiger partial charge in [0.25, 0.3) is 0 Å². The molecule has 3 heteroatoms. The summed E-state index contributed by atoms with van der Waals surface area (Å²) in [5.41, 5.74) is 2.97. The lowest BCUT2D eigenvalue weighted by molar-refractivity contribution is -0.117. The minimum absolute atomic E-state index is 0.131. The van der Waals surface area contributed by atoms with E-state index in [1.54, 1.807) is 11.9 Å². The van der Waals surface area contributed by atoms with Gasteiger partial charge in [-0.2, -0.15) is 0 Å². The van der Waals surface area contributed by atoms with Crippen molar-refractivity contribution in [2.75, 3.05) is 11.9 Å². The lowest BCUT2D eigenvalue weighted by Crippen LogP contribution is -2.20. The highest BCUT2D eigenvalue weighted by Crippen LogP contribution is 2.31. The molecule has 20 heavy (non-hydrogen) atoms. The van der Waals surface area contributed by atoms with Crippen molar-refractivity contribution in [3.8, 4) is 0 Å². The van der Waals surface area contributed by atoms with E-state index < -0.39 is 6.10 Å². The molecule has 2 rings (SSSR count). The fourth-order valence-electron chi connectivity index (χ4n) is 2.81. The number of likely N-dealkylation sites (N-methyl/N-ethyl adjacent to an activating group) is 1. The molecule has 1 amide bonds. The predicted octanol–water partition coefficient (Wildman–Crippen LogP) is 3.60. The molecule has 1 aromatic carbocycles. The number of carbonyl (C=O) groups is 1. The van der Waals surface area contributed by atoms with Crippen LogP contribution in [0.2, 0.25) is 0 Å². The van der Waals surface area contributed by atoms with Crippen LogP contribution in [0.4, 0.5) is 5.69 Å². The number of carbonyl (C=O) groups excluding carboxylic acids is 1. The van der Waals surface area contributed by atoms with E-state index in [-0.39, 0.29) is 5.91 Å². The normalized spacial score (nSPS) is 15.6. The van der Waals surface area contributed by atoms with E-state index in [0.29, 0.717) is 6.42 Å². The van der Waals surface area contributed by atoms with Crippen LogP contribution in [-0.4, -0.2) is 18.1 Å². The van der Waals surface area contributed by atoms with E-state index in [1.165, 1.54) is 25.7 Å². The average molecular weight is 275 g/mol. The van der Waals surface area contributed by atoms with Crippen LogP contribution in [-0.2, 0) is 11.2 Å². The quantitative estimate of drug-likeness (QED) is 0.772. The molecule has 1 heterocycles. The number of benzene rings is 1. The molecule has 1 aromatic rings. The van der Waals surface area contributed by atoms with E-state index in [1.807, 2.05) is 18.2 Å². The van der Waals surface area contributed by atoms with Crippen LogP contribution < -0.4 is 4.90 Å². The molecule has 3 nitrogen and oxygen atoms in total. The number of aliphatic hydroxyl groups is 1. The number of rotatable bonds is 7. The number of anilines is 1. The summed E-state index contributed by atoms with van der Waals surface area (Å²) >= 11 is 0. The van der Waals surface area contributed by atoms with Crippen molar-refractivity contribution in [3.63, 3.8) is 0 Å². The molecule has 1 N–H and O–H groups in total. The lowest BCUT2D eigenvalue weighted by atomic mass is 9.99. The molecule has 110 valence electrons. The number of unbranched alkanes of at least 4 members (excludes halogenated alkanes) is 4. The van der Waals surface area contributed by atoms with E-state index >= 15 is 0 Å². The zero-order chi connectivity index (χ0) is 14.5. The molecule has 0 bridgehead atoms. The molecule has 1 atom stereocenters. The Kier molecular flexibility index (Phi) is 5.18. The Balaban J connectivity index is 1.90. The Morgan fingerprint density at radius 3 is 2.75 bits per heavy atom. The first-order valence-electron chi connectivity index (χ1n) is 7.71. The maximum Gasteiger partial charge on any atom is 0.231 e. The molecular weight excluding hydrogens is 250 g/mol. The van der Waals surface area contributed by atoms with Crippen LogP contribution in [0.1, 0.15) is 62.7 Å². The van der Waals surface area contributed by atoms with E-state index in [2.05, 4.69) is 6.92 Å². The van der Waals surface area contributed by atoms with Gasteiger partial charge in [-0.05, 0) is 23.6 Å². The van der Waals surface area contributed by atoms with E-state index in [4.69, 9.17) is 0 Å². The van der Waals surface area contributed by atoms with Crippen LogP contribution in [0, 0.1) is 0 Å². The number of amides is 1. The largest absolute Gasteiger partial charge is 0.388 e. The maximum absolute atomic E-state index is 11.6. The third-order valence-electron chi connectivity index (χ3n) is 4.15. The number of hydrogen-bond donors (Lipinski definition) is 1. The first-order valence-corrected chi connectivity index (χ1v) is 7.71. The van der Waals surface area contributed by atoms with Gasteiger partial charge < -0.3 is 10.0 Å². The van der Waals surface area contributed by atoms with Gasteiger partial charge in [-0.15, -0.1) is 0 Å². The maximum atomic E-state index is 11.6. The zero-order valence-corrected chi connectivity index (χ0v) is 12.6. The van der Waals surface area contributed by atoms with Crippen LogP contribution >= 0.6 is 0 Å². The predicted molar refractivity (Wildman–Crippen MR) is 81.9 cm³/mol. The third-order valence-corrected chi connectivity index (χ3v) is 4.15. The lowest BCUT2D eigenvalue weighted by Gasteiger charge is -2.14. The first-order chi connectivity index (χ1) is 9.63. The fraction of sp³-hybridized carbons (Fsp3) is 0.588. The Hall–Kier alpha value is -1.35. The van der Waals surface area contributed by atoms with Gasteiger partial charge in [0.1, 0.15) is 0 Å². The summed E-state index contributed by atoms with van der Waals surface area (Å²) in [7, 11) is 1.80. The molecule has 1 aliphatic rings. The van der Waals surface area contributed by atoms with Gasteiger partial charge in [0.15, 0.2) is 0 Å². The van der Waals surface area contributed by atoms with Gasteiger partial charge in [-0.3, -0.25) is 4.79 Å². The van der Waals surface area contributed by atoms with E-state index in [9.17, 15) is 9.90 Å². The highest BCUT2D eigenvalue weighted by Gasteiger charge is 2.24. The van der Waals surface area contributed by atoms with Crippen molar-refractivity contribution >= 4 is 11.6 Å². The van der Waals surface area contributed by atoms with Crippen LogP contribution in [0.25, 0.3) is 0 Å². The SMILES string of the molecule is CCCCCCCC(O)c1ccc2c(c1)CC(=O)N2C. The smallest absolute Gasteiger partial charge is 0.231 e. The van der Waals surface area contributed by atoms with Crippen molar-refractivity contribution < 1.29 is 9.90 Å². The van der Waals surface area contributed by atoms with Gasteiger partial charge >= 0.3 is 0 Å². The van der Waals surface area contributed by atoms with Crippen LogP contribution in [0.5, 0.6) is 0 Å². The first kappa shape index (κ1) is 15.0. The third kappa shape index (κ3) is 3.40. The summed E-state index contributed by atoms with van der Waals surface area (Å²) in [4.78, 5) is 13.3. The molecular formula is C17H25NO2. The van der Waals surface area contributed by atoms with E-state index in [0.717, 1.165) is 29.7 Å². The second kappa shape index (κ2) is 6.89. The van der Waals surface area contributed by atoms with Crippen molar-refractivity contribution in [2.24, 2.45) is 0 Å². The van der Waals surface area contributed by atoms with Crippen molar-refractivity contribution in [1.29, 1.82) is 0 Å². The molecule has 0 aliphatic carbocycles. The summed E-state index contributed by atoms with van der Waals surface area (Å²) in [6.07, 6.45) is 6.91. The topological polar surface area (TPSA) is 40.5 Å². The molecule has 0 saturated heterocycles. The summed E-state index contributed by atoms with van der Waals surface area (Å²) in [6, 6.07) is 5.90. The Bertz CT molecular complexity index is 470. The number of nitrogens with zero attached hydrogens (tertiary/aromatic N) is 1. The highest BCUT2D eigenvalue weighted by atomic mass is 16.3. The fourth-order valence-corrected chi connectivity index (χ4v) is 2.81. The summed E-state index contributed by atoms with van der Waals surface area (Å²) in [5, 5.41) is 10.2. The van der Waals surface area contributed by atoms with Gasteiger partial charge in [0.05, 0.1) is 12.5 Å². The van der Waals surface area contributed by atoms with Crippen molar-refractivity contribution in [3.05, 3.63) is 29.3 Å². The second-order valence-corrected chi connectivity index (χ2v) is 5.74. The molecule has 0 saturated carbocycles. The summed E-state index contributed by atoms with van der Waals surface area (Å²) in [6.45, 7) is 2.21. The van der Waals surface area contributed by atoms with Crippen LogP contribution in [0.3, 0.4) is 0 Å². The van der Waals surface area contributed by atoms with Gasteiger partial charge in [-0.1, -0.05) is 51.2 Å². The number of hydrogen-bond acceptors (Lipinski definition) is 2. The number of aliphatic hydroxyl groups excluding tert-OH is 1. The molecule has 0 spiro atoms. The van der Waals surface area contributed by atoms with Crippen LogP contribution in [0.15, 0.2) is 18.2 Å². The Labute approximate surface area is 121 Å². The minimum Gasteiger partial charge on any atom is -0.388 e. The molecule has 0 fully saturated rings. The second-order valence-electron chi connectivity index (χ2n) is 5.74. The standard InChI is InChI=1S/C17H25NO2/c1-3-4-5-6-7-8-16(19)13-9-10-15-14(11-13)12-17(20)18(15)2/h9-11,16,19H,3-8,12H2,1-2H3. The van der Waals surface area contributed by atoms with Gasteiger partial charge in [0, 0.05) is 12.7 Å². The van der Waals surface area contributed by atoms with Crippen molar-refractivity contribution in [1.82, 2.24) is 0 Å².